The Bertz CT molecular complexity index is 480. The fourth-order valence-corrected chi connectivity index (χ4v) is 1.73. The van der Waals surface area contributed by atoms with Crippen LogP contribution in [0.15, 0.2) is 54.9 Å². The van der Waals surface area contributed by atoms with Crippen molar-refractivity contribution in [2.45, 2.75) is 13.0 Å². The van der Waals surface area contributed by atoms with Gasteiger partial charge in [0.05, 0.1) is 0 Å². The van der Waals surface area contributed by atoms with Crippen molar-refractivity contribution >= 4 is 5.91 Å². The number of benzene rings is 1. The Balaban J connectivity index is 1.57. The minimum Gasteiger partial charge on any atom is -0.484 e. The second kappa shape index (κ2) is 7.26. The molecule has 19 heavy (non-hydrogen) atoms. The van der Waals surface area contributed by atoms with E-state index in [9.17, 15) is 4.79 Å². The van der Waals surface area contributed by atoms with Gasteiger partial charge in [0.15, 0.2) is 6.61 Å². The molecule has 0 saturated heterocycles. The molecule has 0 aliphatic heterocycles. The Morgan fingerprint density at radius 1 is 1.11 bits per heavy atom. The molecule has 1 amide bonds. The Morgan fingerprint density at radius 3 is 2.58 bits per heavy atom. The van der Waals surface area contributed by atoms with Gasteiger partial charge in [0.2, 0.25) is 0 Å². The lowest BCUT2D eigenvalue weighted by atomic mass is 10.3. The first kappa shape index (κ1) is 13.2. The van der Waals surface area contributed by atoms with Crippen molar-refractivity contribution in [3.05, 3.63) is 54.9 Å². The van der Waals surface area contributed by atoms with Crippen LogP contribution in [0.2, 0.25) is 0 Å². The van der Waals surface area contributed by atoms with Gasteiger partial charge in [-0.3, -0.25) is 4.79 Å². The minimum absolute atomic E-state index is 0.0630. The zero-order chi connectivity index (χ0) is 13.3. The zero-order valence-electron chi connectivity index (χ0n) is 10.8. The van der Waals surface area contributed by atoms with Crippen molar-refractivity contribution in [2.24, 2.45) is 0 Å². The first-order chi connectivity index (χ1) is 9.34. The van der Waals surface area contributed by atoms with Gasteiger partial charge in [-0.15, -0.1) is 0 Å². The Morgan fingerprint density at radius 2 is 1.84 bits per heavy atom. The van der Waals surface area contributed by atoms with Crippen LogP contribution >= 0.6 is 0 Å². The lowest BCUT2D eigenvalue weighted by Crippen LogP contribution is -2.30. The van der Waals surface area contributed by atoms with Crippen molar-refractivity contribution in [3.63, 3.8) is 0 Å². The molecular weight excluding hydrogens is 240 g/mol. The summed E-state index contributed by atoms with van der Waals surface area (Å²) in [6, 6.07) is 13.3. The number of hydrogen-bond donors (Lipinski definition) is 1. The number of ether oxygens (including phenoxy) is 1. The predicted molar refractivity (Wildman–Crippen MR) is 74.0 cm³/mol. The summed E-state index contributed by atoms with van der Waals surface area (Å²) >= 11 is 0. The molecule has 1 heterocycles. The second-order valence-corrected chi connectivity index (χ2v) is 4.23. The molecule has 0 fully saturated rings. The normalized spacial score (nSPS) is 10.1. The van der Waals surface area contributed by atoms with Crippen LogP contribution in [0.4, 0.5) is 0 Å². The number of aryl methyl sites for hydroxylation is 1. The summed E-state index contributed by atoms with van der Waals surface area (Å²) < 4.78 is 7.44. The van der Waals surface area contributed by atoms with Gasteiger partial charge in [0.1, 0.15) is 5.75 Å². The van der Waals surface area contributed by atoms with E-state index in [1.54, 1.807) is 0 Å². The molecular formula is C15H18N2O2. The van der Waals surface area contributed by atoms with Crippen molar-refractivity contribution in [3.8, 4) is 5.75 Å². The van der Waals surface area contributed by atoms with Gasteiger partial charge in [-0.1, -0.05) is 18.2 Å². The molecule has 0 unspecified atom stereocenters. The largest absolute Gasteiger partial charge is 0.484 e. The molecule has 1 aromatic heterocycles. The number of para-hydroxylation sites is 1. The molecule has 0 spiro atoms. The second-order valence-electron chi connectivity index (χ2n) is 4.23. The molecule has 1 aromatic carbocycles. The quantitative estimate of drug-likeness (QED) is 0.773. The molecule has 0 saturated carbocycles. The first-order valence-corrected chi connectivity index (χ1v) is 6.40. The number of hydrogen-bond acceptors (Lipinski definition) is 2. The van der Waals surface area contributed by atoms with Crippen LogP contribution in [0.1, 0.15) is 6.42 Å². The summed E-state index contributed by atoms with van der Waals surface area (Å²) in [5.74, 6) is 0.626. The maximum absolute atomic E-state index is 11.5. The van der Waals surface area contributed by atoms with E-state index in [0.717, 1.165) is 13.0 Å². The van der Waals surface area contributed by atoms with Crippen LogP contribution in [0.3, 0.4) is 0 Å². The van der Waals surface area contributed by atoms with Crippen LogP contribution in [0.5, 0.6) is 5.75 Å². The molecule has 0 atom stereocenters. The van der Waals surface area contributed by atoms with Crippen molar-refractivity contribution in [1.82, 2.24) is 9.88 Å². The smallest absolute Gasteiger partial charge is 0.257 e. The van der Waals surface area contributed by atoms with Gasteiger partial charge in [0.25, 0.3) is 5.91 Å². The van der Waals surface area contributed by atoms with Gasteiger partial charge >= 0.3 is 0 Å². The number of carbonyl (C=O) groups is 1. The van der Waals surface area contributed by atoms with Crippen LogP contribution in [-0.2, 0) is 11.3 Å². The van der Waals surface area contributed by atoms with Crippen LogP contribution in [-0.4, -0.2) is 23.6 Å². The van der Waals surface area contributed by atoms with E-state index >= 15 is 0 Å². The molecule has 0 radical (unpaired) electrons. The van der Waals surface area contributed by atoms with E-state index in [0.29, 0.717) is 12.3 Å². The Kier molecular flexibility index (Phi) is 5.05. The number of nitrogens with one attached hydrogen (secondary N) is 1. The van der Waals surface area contributed by atoms with Gasteiger partial charge in [0, 0.05) is 25.5 Å². The van der Waals surface area contributed by atoms with E-state index in [2.05, 4.69) is 9.88 Å². The lowest BCUT2D eigenvalue weighted by molar-refractivity contribution is -0.123. The molecule has 100 valence electrons. The molecule has 4 heteroatoms. The predicted octanol–water partition coefficient (Wildman–Crippen LogP) is 2.07. The number of carbonyl (C=O) groups excluding carboxylic acids is 1. The van der Waals surface area contributed by atoms with Gasteiger partial charge in [-0.05, 0) is 30.7 Å². The van der Waals surface area contributed by atoms with Gasteiger partial charge in [-0.25, -0.2) is 0 Å². The zero-order valence-corrected chi connectivity index (χ0v) is 10.8. The molecule has 0 aliphatic rings. The summed E-state index contributed by atoms with van der Waals surface area (Å²) in [5, 5.41) is 2.84. The number of aromatic nitrogens is 1. The van der Waals surface area contributed by atoms with E-state index < -0.39 is 0 Å². The summed E-state index contributed by atoms with van der Waals surface area (Å²) in [5.41, 5.74) is 0. The fourth-order valence-electron chi connectivity index (χ4n) is 1.73. The third-order valence-electron chi connectivity index (χ3n) is 2.69. The van der Waals surface area contributed by atoms with Crippen LogP contribution in [0.25, 0.3) is 0 Å². The summed E-state index contributed by atoms with van der Waals surface area (Å²) in [7, 11) is 0. The fraction of sp³-hybridized carbons (Fsp3) is 0.267. The highest BCUT2D eigenvalue weighted by Crippen LogP contribution is 2.07. The van der Waals surface area contributed by atoms with Crippen LogP contribution in [0, 0.1) is 0 Å². The maximum Gasteiger partial charge on any atom is 0.257 e. The third kappa shape index (κ3) is 4.87. The Hall–Kier alpha value is -2.23. The summed E-state index contributed by atoms with van der Waals surface area (Å²) in [6.45, 7) is 1.63. The summed E-state index contributed by atoms with van der Waals surface area (Å²) in [4.78, 5) is 11.5. The minimum atomic E-state index is -0.0867. The van der Waals surface area contributed by atoms with E-state index in [-0.39, 0.29) is 12.5 Å². The maximum atomic E-state index is 11.5. The SMILES string of the molecule is O=C(COc1ccccc1)NCCCn1cccc1. The average Bonchev–Trinajstić information content (AvgIpc) is 2.96. The van der Waals surface area contributed by atoms with Crippen molar-refractivity contribution in [2.75, 3.05) is 13.2 Å². The average molecular weight is 258 g/mol. The topological polar surface area (TPSA) is 43.3 Å². The highest BCUT2D eigenvalue weighted by atomic mass is 16.5. The Labute approximate surface area is 113 Å². The first-order valence-electron chi connectivity index (χ1n) is 6.40. The van der Waals surface area contributed by atoms with E-state index in [1.807, 2.05) is 54.9 Å². The van der Waals surface area contributed by atoms with Crippen molar-refractivity contribution < 1.29 is 9.53 Å². The molecule has 2 rings (SSSR count). The molecule has 0 aliphatic carbocycles. The standard InChI is InChI=1S/C15H18N2O2/c18-15(13-19-14-7-2-1-3-8-14)16-9-6-12-17-10-4-5-11-17/h1-5,7-8,10-11H,6,9,12-13H2,(H,16,18). The summed E-state index contributed by atoms with van der Waals surface area (Å²) in [6.07, 6.45) is 4.94. The monoisotopic (exact) mass is 258 g/mol. The third-order valence-corrected chi connectivity index (χ3v) is 2.69. The van der Waals surface area contributed by atoms with Crippen molar-refractivity contribution in [1.29, 1.82) is 0 Å². The number of nitrogens with zero attached hydrogens (tertiary/aromatic N) is 1. The highest BCUT2D eigenvalue weighted by molar-refractivity contribution is 5.77. The van der Waals surface area contributed by atoms with Gasteiger partial charge < -0.3 is 14.6 Å². The van der Waals surface area contributed by atoms with E-state index in [1.165, 1.54) is 0 Å². The number of amides is 1. The molecule has 1 N–H and O–H groups in total. The number of rotatable bonds is 7. The van der Waals surface area contributed by atoms with Gasteiger partial charge in [-0.2, -0.15) is 0 Å². The lowest BCUT2D eigenvalue weighted by Gasteiger charge is -2.07. The highest BCUT2D eigenvalue weighted by Gasteiger charge is 2.01. The molecule has 2 aromatic rings. The molecule has 0 bridgehead atoms. The molecule has 4 nitrogen and oxygen atoms in total. The van der Waals surface area contributed by atoms with E-state index in [4.69, 9.17) is 4.74 Å². The van der Waals surface area contributed by atoms with Crippen LogP contribution < -0.4 is 10.1 Å².